The first-order chi connectivity index (χ1) is 12.1. The third-order valence-corrected chi connectivity index (χ3v) is 4.66. The van der Waals surface area contributed by atoms with Gasteiger partial charge < -0.3 is 15.4 Å². The Labute approximate surface area is 176 Å². The number of aliphatic imine (C=N–C) groups is 1. The molecule has 1 heterocycles. The number of benzene rings is 1. The van der Waals surface area contributed by atoms with Crippen molar-refractivity contribution in [2.45, 2.75) is 46.8 Å². The minimum absolute atomic E-state index is 0. The number of nitrogens with zero attached hydrogens (tertiary/aromatic N) is 2. The summed E-state index contributed by atoms with van der Waals surface area (Å²) in [4.78, 5) is 7.16. The van der Waals surface area contributed by atoms with Gasteiger partial charge in [-0.15, -0.1) is 24.0 Å². The minimum atomic E-state index is 0. The molecule has 6 heteroatoms. The molecule has 2 N–H and O–H groups in total. The van der Waals surface area contributed by atoms with Crippen LogP contribution in [0.25, 0.3) is 0 Å². The summed E-state index contributed by atoms with van der Waals surface area (Å²) in [6, 6.07) is 9.21. The fourth-order valence-corrected chi connectivity index (χ4v) is 2.64. The molecular weight excluding hydrogens is 439 g/mol. The maximum atomic E-state index is 5.40. The van der Waals surface area contributed by atoms with Crippen LogP contribution in [0.3, 0.4) is 0 Å². The Bertz CT molecular complexity index is 527. The topological polar surface area (TPSA) is 48.9 Å². The third-order valence-electron chi connectivity index (χ3n) is 4.66. The lowest BCUT2D eigenvalue weighted by Gasteiger charge is -2.26. The molecule has 1 fully saturated rings. The molecule has 1 atom stereocenters. The molecule has 0 aliphatic carbocycles. The molecule has 0 spiro atoms. The van der Waals surface area contributed by atoms with Crippen LogP contribution >= 0.6 is 24.0 Å². The van der Waals surface area contributed by atoms with Crippen molar-refractivity contribution in [3.63, 3.8) is 0 Å². The zero-order valence-electron chi connectivity index (χ0n) is 16.6. The first-order valence-corrected chi connectivity index (χ1v) is 9.51. The number of hydrogen-bond donors (Lipinski definition) is 2. The van der Waals surface area contributed by atoms with Gasteiger partial charge in [0.1, 0.15) is 0 Å². The Morgan fingerprint density at radius 2 is 1.73 bits per heavy atom. The van der Waals surface area contributed by atoms with E-state index >= 15 is 0 Å². The Hall–Kier alpha value is -0.860. The first-order valence-electron chi connectivity index (χ1n) is 9.51. The second-order valence-corrected chi connectivity index (χ2v) is 7.08. The van der Waals surface area contributed by atoms with E-state index in [0.29, 0.717) is 18.5 Å². The number of halogens is 1. The smallest absolute Gasteiger partial charge is 0.191 e. The highest BCUT2D eigenvalue weighted by Crippen LogP contribution is 2.10. The number of guanidine groups is 1. The standard InChI is InChI=1S/C20H34N4O.HI/c1-5-21-20(23-17(4)16(2)3)22-14-18-6-8-19(9-7-18)15-24-10-12-25-13-11-24;/h6-9,16-17H,5,10-15H2,1-4H3,(H2,21,22,23);1H. The van der Waals surface area contributed by atoms with Crippen LogP contribution < -0.4 is 10.6 Å². The Morgan fingerprint density at radius 3 is 2.31 bits per heavy atom. The van der Waals surface area contributed by atoms with Crippen LogP contribution in [0.5, 0.6) is 0 Å². The fourth-order valence-electron chi connectivity index (χ4n) is 2.64. The second-order valence-electron chi connectivity index (χ2n) is 7.08. The zero-order chi connectivity index (χ0) is 18.1. The van der Waals surface area contributed by atoms with Crippen molar-refractivity contribution >= 4 is 29.9 Å². The summed E-state index contributed by atoms with van der Waals surface area (Å²) in [5.74, 6) is 1.46. The SMILES string of the molecule is CCNC(=NCc1ccc(CN2CCOCC2)cc1)NC(C)C(C)C.I. The summed E-state index contributed by atoms with van der Waals surface area (Å²) in [5, 5.41) is 6.80. The third kappa shape index (κ3) is 8.22. The molecule has 0 amide bonds. The van der Waals surface area contributed by atoms with Gasteiger partial charge in [-0.05, 0) is 30.9 Å². The molecule has 1 saturated heterocycles. The second kappa shape index (κ2) is 12.5. The molecule has 1 aliphatic rings. The number of hydrogen-bond acceptors (Lipinski definition) is 3. The lowest BCUT2D eigenvalue weighted by molar-refractivity contribution is 0.0342. The van der Waals surface area contributed by atoms with Crippen LogP contribution in [0, 0.1) is 5.92 Å². The lowest BCUT2D eigenvalue weighted by atomic mass is 10.1. The van der Waals surface area contributed by atoms with Gasteiger partial charge in [0.2, 0.25) is 0 Å². The van der Waals surface area contributed by atoms with Crippen molar-refractivity contribution in [1.29, 1.82) is 0 Å². The van der Waals surface area contributed by atoms with Gasteiger partial charge in [-0.3, -0.25) is 4.90 Å². The van der Waals surface area contributed by atoms with Crippen molar-refractivity contribution in [3.05, 3.63) is 35.4 Å². The molecule has 5 nitrogen and oxygen atoms in total. The molecule has 1 aromatic carbocycles. The number of rotatable bonds is 7. The molecule has 148 valence electrons. The van der Waals surface area contributed by atoms with E-state index in [1.54, 1.807) is 0 Å². The van der Waals surface area contributed by atoms with Gasteiger partial charge in [0.15, 0.2) is 5.96 Å². The molecule has 26 heavy (non-hydrogen) atoms. The van der Waals surface area contributed by atoms with Crippen LogP contribution in [0.2, 0.25) is 0 Å². The number of morpholine rings is 1. The van der Waals surface area contributed by atoms with Crippen molar-refractivity contribution in [1.82, 2.24) is 15.5 Å². The maximum absolute atomic E-state index is 5.40. The van der Waals surface area contributed by atoms with E-state index in [2.05, 4.69) is 67.5 Å². The average Bonchev–Trinajstić information content (AvgIpc) is 2.62. The van der Waals surface area contributed by atoms with E-state index < -0.39 is 0 Å². The van der Waals surface area contributed by atoms with Gasteiger partial charge in [-0.2, -0.15) is 0 Å². The Kier molecular flexibility index (Phi) is 11.2. The minimum Gasteiger partial charge on any atom is -0.379 e. The molecule has 0 aromatic heterocycles. The van der Waals surface area contributed by atoms with Crippen molar-refractivity contribution < 1.29 is 4.74 Å². The molecule has 1 aliphatic heterocycles. The Morgan fingerprint density at radius 1 is 1.12 bits per heavy atom. The monoisotopic (exact) mass is 474 g/mol. The van der Waals surface area contributed by atoms with Crippen LogP contribution in [0.15, 0.2) is 29.3 Å². The summed E-state index contributed by atoms with van der Waals surface area (Å²) in [6.07, 6.45) is 0. The first kappa shape index (κ1) is 23.2. The van der Waals surface area contributed by atoms with Crippen LogP contribution in [-0.4, -0.2) is 49.7 Å². The van der Waals surface area contributed by atoms with Gasteiger partial charge in [0, 0.05) is 32.2 Å². The molecule has 0 radical (unpaired) electrons. The molecule has 0 saturated carbocycles. The van der Waals surface area contributed by atoms with E-state index in [9.17, 15) is 0 Å². The quantitative estimate of drug-likeness (QED) is 0.362. The maximum Gasteiger partial charge on any atom is 0.191 e. The summed E-state index contributed by atoms with van der Waals surface area (Å²) in [5.41, 5.74) is 2.59. The van der Waals surface area contributed by atoms with Gasteiger partial charge in [-0.25, -0.2) is 4.99 Å². The number of nitrogens with one attached hydrogen (secondary N) is 2. The van der Waals surface area contributed by atoms with Crippen molar-refractivity contribution in [2.24, 2.45) is 10.9 Å². The van der Waals surface area contributed by atoms with Crippen molar-refractivity contribution in [3.8, 4) is 0 Å². The van der Waals surface area contributed by atoms with Crippen molar-refractivity contribution in [2.75, 3.05) is 32.8 Å². The molecular formula is C20H35IN4O. The normalized spacial score (nSPS) is 16.9. The van der Waals surface area contributed by atoms with E-state index in [4.69, 9.17) is 9.73 Å². The van der Waals surface area contributed by atoms with E-state index in [1.165, 1.54) is 11.1 Å². The fraction of sp³-hybridized carbons (Fsp3) is 0.650. The highest BCUT2D eigenvalue weighted by molar-refractivity contribution is 14.0. The molecule has 1 unspecified atom stereocenters. The van der Waals surface area contributed by atoms with E-state index in [0.717, 1.165) is 45.4 Å². The largest absolute Gasteiger partial charge is 0.379 e. The van der Waals surface area contributed by atoms with E-state index in [1.807, 2.05) is 0 Å². The average molecular weight is 474 g/mol. The van der Waals surface area contributed by atoms with Crippen LogP contribution in [-0.2, 0) is 17.8 Å². The van der Waals surface area contributed by atoms with Gasteiger partial charge in [-0.1, -0.05) is 38.1 Å². The Balaban J connectivity index is 0.00000338. The number of ether oxygens (including phenoxy) is 1. The van der Waals surface area contributed by atoms with Gasteiger partial charge >= 0.3 is 0 Å². The van der Waals surface area contributed by atoms with Crippen LogP contribution in [0.1, 0.15) is 38.8 Å². The molecule has 0 bridgehead atoms. The predicted octanol–water partition coefficient (Wildman–Crippen LogP) is 3.24. The molecule has 1 aromatic rings. The summed E-state index contributed by atoms with van der Waals surface area (Å²) in [7, 11) is 0. The highest BCUT2D eigenvalue weighted by Gasteiger charge is 2.11. The van der Waals surface area contributed by atoms with Gasteiger partial charge in [0.05, 0.1) is 19.8 Å². The summed E-state index contributed by atoms with van der Waals surface area (Å²) < 4.78 is 5.40. The zero-order valence-corrected chi connectivity index (χ0v) is 19.0. The van der Waals surface area contributed by atoms with E-state index in [-0.39, 0.29) is 24.0 Å². The van der Waals surface area contributed by atoms with Gasteiger partial charge in [0.25, 0.3) is 0 Å². The predicted molar refractivity (Wildman–Crippen MR) is 120 cm³/mol. The lowest BCUT2D eigenvalue weighted by Crippen LogP contribution is -2.44. The highest BCUT2D eigenvalue weighted by atomic mass is 127. The molecule has 2 rings (SSSR count). The van der Waals surface area contributed by atoms with Crippen LogP contribution in [0.4, 0.5) is 0 Å². The summed E-state index contributed by atoms with van der Waals surface area (Å²) >= 11 is 0. The summed E-state index contributed by atoms with van der Waals surface area (Å²) in [6.45, 7) is 15.0.